The zero-order valence-corrected chi connectivity index (χ0v) is 10.8. The summed E-state index contributed by atoms with van der Waals surface area (Å²) >= 11 is 5.74. The molecule has 0 radical (unpaired) electrons. The summed E-state index contributed by atoms with van der Waals surface area (Å²) in [6, 6.07) is 6.21. The highest BCUT2D eigenvalue weighted by Gasteiger charge is 2.05. The van der Waals surface area contributed by atoms with Crippen LogP contribution in [0.1, 0.15) is 0 Å². The van der Waals surface area contributed by atoms with Crippen LogP contribution in [0.3, 0.4) is 0 Å². The molecule has 5 nitrogen and oxygen atoms in total. The number of anilines is 1. The molecule has 0 aliphatic rings. The number of carbonyl (C=O) groups is 1. The van der Waals surface area contributed by atoms with E-state index in [1.54, 1.807) is 24.3 Å². The van der Waals surface area contributed by atoms with Crippen molar-refractivity contribution in [3.63, 3.8) is 0 Å². The van der Waals surface area contributed by atoms with Crippen molar-refractivity contribution in [2.45, 2.75) is 0 Å². The molecule has 1 aromatic carbocycles. The van der Waals surface area contributed by atoms with Gasteiger partial charge in [0.2, 0.25) is 0 Å². The third-order valence-corrected chi connectivity index (χ3v) is 3.02. The Morgan fingerprint density at radius 3 is 2.71 bits per heavy atom. The Labute approximate surface area is 105 Å². The molecule has 0 aromatic heterocycles. The van der Waals surface area contributed by atoms with Gasteiger partial charge < -0.3 is 10.6 Å². The molecule has 17 heavy (non-hydrogen) atoms. The molecule has 0 atom stereocenters. The summed E-state index contributed by atoms with van der Waals surface area (Å²) in [5.74, 6) is -0.0873. The smallest absolute Gasteiger partial charge is 0.319 e. The van der Waals surface area contributed by atoms with Crippen molar-refractivity contribution in [1.82, 2.24) is 5.32 Å². The second kappa shape index (κ2) is 5.88. The highest BCUT2D eigenvalue weighted by molar-refractivity contribution is 7.90. The van der Waals surface area contributed by atoms with Crippen molar-refractivity contribution in [1.29, 1.82) is 0 Å². The molecule has 0 saturated carbocycles. The van der Waals surface area contributed by atoms with Crippen LogP contribution in [0.2, 0.25) is 5.02 Å². The van der Waals surface area contributed by atoms with E-state index in [0.29, 0.717) is 10.7 Å². The monoisotopic (exact) mass is 276 g/mol. The van der Waals surface area contributed by atoms with Crippen molar-refractivity contribution in [3.8, 4) is 0 Å². The molecule has 2 N–H and O–H groups in total. The first-order valence-electron chi connectivity index (χ1n) is 4.85. The lowest BCUT2D eigenvalue weighted by atomic mass is 10.3. The average Bonchev–Trinajstić information content (AvgIpc) is 2.15. The number of sulfone groups is 1. The topological polar surface area (TPSA) is 75.3 Å². The second-order valence-electron chi connectivity index (χ2n) is 3.52. The number of benzene rings is 1. The standard InChI is InChI=1S/C10H13ClN2O3S/c1-17(15,16)6-5-12-10(14)13-9-4-2-3-8(11)7-9/h2-4,7H,5-6H2,1H3,(H2,12,13,14). The molecule has 0 aliphatic carbocycles. The molecule has 0 fully saturated rings. The van der Waals surface area contributed by atoms with Crippen LogP contribution in [0.25, 0.3) is 0 Å². The maximum Gasteiger partial charge on any atom is 0.319 e. The summed E-state index contributed by atoms with van der Waals surface area (Å²) in [7, 11) is -3.06. The van der Waals surface area contributed by atoms with Gasteiger partial charge in [-0.15, -0.1) is 0 Å². The number of amides is 2. The van der Waals surface area contributed by atoms with Crippen LogP contribution in [0.4, 0.5) is 10.5 Å². The predicted octanol–water partition coefficient (Wildman–Crippen LogP) is 1.51. The highest BCUT2D eigenvalue weighted by Crippen LogP contribution is 2.14. The first kappa shape index (κ1) is 13.8. The molecule has 1 rings (SSSR count). The van der Waals surface area contributed by atoms with Crippen LogP contribution in [0.15, 0.2) is 24.3 Å². The fourth-order valence-electron chi connectivity index (χ4n) is 1.09. The second-order valence-corrected chi connectivity index (χ2v) is 6.22. The van der Waals surface area contributed by atoms with Crippen LogP contribution in [0, 0.1) is 0 Å². The number of carbonyl (C=O) groups excluding carboxylic acids is 1. The molecular weight excluding hydrogens is 264 g/mol. The third kappa shape index (κ3) is 6.13. The van der Waals surface area contributed by atoms with Crippen LogP contribution in [0.5, 0.6) is 0 Å². The number of rotatable bonds is 4. The van der Waals surface area contributed by atoms with Crippen molar-refractivity contribution >= 4 is 33.2 Å². The fraction of sp³-hybridized carbons (Fsp3) is 0.300. The number of nitrogens with one attached hydrogen (secondary N) is 2. The average molecular weight is 277 g/mol. The summed E-state index contributed by atoms with van der Waals surface area (Å²) in [5.41, 5.74) is 0.550. The number of urea groups is 1. The SMILES string of the molecule is CS(=O)(=O)CCNC(=O)Nc1cccc(Cl)c1. The Kier molecular flexibility index (Phi) is 4.77. The zero-order valence-electron chi connectivity index (χ0n) is 9.23. The molecule has 0 bridgehead atoms. The lowest BCUT2D eigenvalue weighted by Crippen LogP contribution is -2.32. The molecule has 0 unspecified atom stereocenters. The van der Waals surface area contributed by atoms with E-state index in [1.165, 1.54) is 0 Å². The van der Waals surface area contributed by atoms with Crippen LogP contribution in [-0.2, 0) is 9.84 Å². The minimum Gasteiger partial charge on any atom is -0.337 e. The van der Waals surface area contributed by atoms with E-state index in [-0.39, 0.29) is 12.3 Å². The summed E-state index contributed by atoms with van der Waals surface area (Å²) in [4.78, 5) is 11.3. The summed E-state index contributed by atoms with van der Waals surface area (Å²) < 4.78 is 21.7. The normalized spacial score (nSPS) is 10.9. The highest BCUT2D eigenvalue weighted by atomic mass is 35.5. The lowest BCUT2D eigenvalue weighted by Gasteiger charge is -2.07. The van der Waals surface area contributed by atoms with Gasteiger partial charge in [-0.2, -0.15) is 0 Å². The van der Waals surface area contributed by atoms with Gasteiger partial charge in [0.15, 0.2) is 0 Å². The molecule has 94 valence electrons. The Morgan fingerprint density at radius 1 is 1.41 bits per heavy atom. The zero-order chi connectivity index (χ0) is 12.9. The Morgan fingerprint density at radius 2 is 2.12 bits per heavy atom. The van der Waals surface area contributed by atoms with Gasteiger partial charge in [0.05, 0.1) is 5.75 Å². The van der Waals surface area contributed by atoms with E-state index < -0.39 is 15.9 Å². The molecular formula is C10H13ClN2O3S. The van der Waals surface area contributed by atoms with Gasteiger partial charge in [0.25, 0.3) is 0 Å². The summed E-state index contributed by atoms with van der Waals surface area (Å²) in [6.07, 6.45) is 1.11. The maximum absolute atomic E-state index is 11.3. The summed E-state index contributed by atoms with van der Waals surface area (Å²) in [6.45, 7) is 0.0746. The minimum atomic E-state index is -3.06. The Balaban J connectivity index is 2.40. The van der Waals surface area contributed by atoms with Crippen molar-refractivity contribution in [3.05, 3.63) is 29.3 Å². The quantitative estimate of drug-likeness (QED) is 0.875. The largest absolute Gasteiger partial charge is 0.337 e. The van der Waals surface area contributed by atoms with Gasteiger partial charge in [0, 0.05) is 23.5 Å². The van der Waals surface area contributed by atoms with E-state index in [1.807, 2.05) is 0 Å². The maximum atomic E-state index is 11.3. The van der Waals surface area contributed by atoms with Gasteiger partial charge in [-0.1, -0.05) is 17.7 Å². The molecule has 7 heteroatoms. The van der Waals surface area contributed by atoms with Crippen LogP contribution >= 0.6 is 11.6 Å². The van der Waals surface area contributed by atoms with E-state index >= 15 is 0 Å². The Hall–Kier alpha value is -1.27. The molecule has 0 aliphatic heterocycles. The van der Waals surface area contributed by atoms with Crippen molar-refractivity contribution in [2.75, 3.05) is 23.9 Å². The molecule has 0 spiro atoms. The van der Waals surface area contributed by atoms with E-state index in [9.17, 15) is 13.2 Å². The first-order chi connectivity index (χ1) is 7.87. The van der Waals surface area contributed by atoms with Crippen molar-refractivity contribution in [2.24, 2.45) is 0 Å². The van der Waals surface area contributed by atoms with Gasteiger partial charge in [0.1, 0.15) is 9.84 Å². The van der Waals surface area contributed by atoms with Gasteiger partial charge in [-0.3, -0.25) is 0 Å². The van der Waals surface area contributed by atoms with Crippen LogP contribution in [-0.4, -0.2) is 33.0 Å². The number of hydrogen-bond acceptors (Lipinski definition) is 3. The molecule has 2 amide bonds. The van der Waals surface area contributed by atoms with E-state index in [0.717, 1.165) is 6.26 Å². The van der Waals surface area contributed by atoms with E-state index in [2.05, 4.69) is 10.6 Å². The van der Waals surface area contributed by atoms with Gasteiger partial charge in [-0.25, -0.2) is 13.2 Å². The fourth-order valence-corrected chi connectivity index (χ4v) is 1.75. The third-order valence-electron chi connectivity index (χ3n) is 1.84. The van der Waals surface area contributed by atoms with Crippen LogP contribution < -0.4 is 10.6 Å². The number of hydrogen-bond donors (Lipinski definition) is 2. The van der Waals surface area contributed by atoms with Gasteiger partial charge in [-0.05, 0) is 18.2 Å². The Bertz CT molecular complexity index is 502. The van der Waals surface area contributed by atoms with Crippen molar-refractivity contribution < 1.29 is 13.2 Å². The molecule has 1 aromatic rings. The summed E-state index contributed by atoms with van der Waals surface area (Å²) in [5, 5.41) is 5.49. The first-order valence-corrected chi connectivity index (χ1v) is 7.29. The molecule has 0 saturated heterocycles. The van der Waals surface area contributed by atoms with E-state index in [4.69, 9.17) is 11.6 Å². The lowest BCUT2D eigenvalue weighted by molar-refractivity contribution is 0.252. The predicted molar refractivity (Wildman–Crippen MR) is 68.2 cm³/mol. The minimum absolute atomic E-state index is 0.0746. The number of halogens is 1. The van der Waals surface area contributed by atoms with Gasteiger partial charge >= 0.3 is 6.03 Å². The molecule has 0 heterocycles.